The second-order valence-electron chi connectivity index (χ2n) is 2.88. The summed E-state index contributed by atoms with van der Waals surface area (Å²) in [6, 6.07) is 5.84. The van der Waals surface area contributed by atoms with E-state index in [0.29, 0.717) is 5.75 Å². The Labute approximate surface area is 67.7 Å². The smallest absolute Gasteiger partial charge is 0.119 e. The highest BCUT2D eigenvalue weighted by Crippen LogP contribution is 2.19. The summed E-state index contributed by atoms with van der Waals surface area (Å²) >= 11 is 0. The largest absolute Gasteiger partial charge is 0.508 e. The van der Waals surface area contributed by atoms with E-state index < -0.39 is 0 Å². The third-order valence-electron chi connectivity index (χ3n) is 1.76. The van der Waals surface area contributed by atoms with Crippen LogP contribution in [-0.4, -0.2) is 5.11 Å². The van der Waals surface area contributed by atoms with E-state index in [9.17, 15) is 5.11 Å². The number of benzene rings is 1. The molecule has 11 heavy (non-hydrogen) atoms. The van der Waals surface area contributed by atoms with Crippen LogP contribution in [0.1, 0.15) is 24.5 Å². The third-order valence-corrected chi connectivity index (χ3v) is 1.76. The molecule has 0 bridgehead atoms. The summed E-state index contributed by atoms with van der Waals surface area (Å²) in [5.74, 6) is 0.437. The maximum atomic E-state index is 9.42. The lowest BCUT2D eigenvalue weighted by atomic mass is 10.1. The molecule has 1 aromatic rings. The Kier molecular flexibility index (Phi) is 2.53. The molecule has 0 unspecified atom stereocenters. The van der Waals surface area contributed by atoms with Crippen molar-refractivity contribution in [3.63, 3.8) is 0 Å². The molecule has 60 valence electrons. The zero-order valence-corrected chi connectivity index (χ0v) is 7.09. The van der Waals surface area contributed by atoms with Gasteiger partial charge in [0.25, 0.3) is 0 Å². The normalized spacial score (nSPS) is 10.0. The Morgan fingerprint density at radius 3 is 2.64 bits per heavy atom. The monoisotopic (exact) mass is 150 g/mol. The molecule has 0 saturated carbocycles. The van der Waals surface area contributed by atoms with E-state index in [4.69, 9.17) is 0 Å². The lowest BCUT2D eigenvalue weighted by Crippen LogP contribution is -1.84. The first-order valence-electron chi connectivity index (χ1n) is 4.02. The summed E-state index contributed by atoms with van der Waals surface area (Å²) in [4.78, 5) is 0. The van der Waals surface area contributed by atoms with Crippen molar-refractivity contribution in [3.8, 4) is 5.75 Å². The zero-order chi connectivity index (χ0) is 8.27. The minimum atomic E-state index is 0.437. The first-order valence-corrected chi connectivity index (χ1v) is 4.02. The molecule has 1 rings (SSSR count). The fourth-order valence-electron chi connectivity index (χ4n) is 1.15. The molecule has 0 aliphatic carbocycles. The lowest BCUT2D eigenvalue weighted by molar-refractivity contribution is 0.467. The zero-order valence-electron chi connectivity index (χ0n) is 7.09. The maximum Gasteiger partial charge on any atom is 0.119 e. The highest BCUT2D eigenvalue weighted by atomic mass is 16.3. The molecule has 1 aromatic carbocycles. The molecule has 0 heterocycles. The predicted octanol–water partition coefficient (Wildman–Crippen LogP) is 2.65. The molecule has 1 N–H and O–H groups in total. The van der Waals surface area contributed by atoms with Crippen LogP contribution in [-0.2, 0) is 6.42 Å². The first-order chi connectivity index (χ1) is 5.24. The van der Waals surface area contributed by atoms with Crippen molar-refractivity contribution in [1.82, 2.24) is 0 Å². The molecule has 0 fully saturated rings. The van der Waals surface area contributed by atoms with Gasteiger partial charge in [-0.1, -0.05) is 25.5 Å². The summed E-state index contributed by atoms with van der Waals surface area (Å²) in [7, 11) is 0. The SMILES string of the molecule is CCCc1ccc(C)cc1O. The summed E-state index contributed by atoms with van der Waals surface area (Å²) in [6.07, 6.45) is 2.04. The van der Waals surface area contributed by atoms with E-state index in [1.807, 2.05) is 25.1 Å². The highest BCUT2D eigenvalue weighted by molar-refractivity contribution is 5.35. The molecule has 0 aliphatic heterocycles. The number of phenols is 1. The van der Waals surface area contributed by atoms with E-state index in [1.54, 1.807) is 0 Å². The number of hydrogen-bond acceptors (Lipinski definition) is 1. The Morgan fingerprint density at radius 1 is 1.36 bits per heavy atom. The van der Waals surface area contributed by atoms with Crippen LogP contribution in [0.2, 0.25) is 0 Å². The van der Waals surface area contributed by atoms with E-state index in [1.165, 1.54) is 0 Å². The van der Waals surface area contributed by atoms with Gasteiger partial charge in [0.2, 0.25) is 0 Å². The Morgan fingerprint density at radius 2 is 2.09 bits per heavy atom. The van der Waals surface area contributed by atoms with Crippen molar-refractivity contribution >= 4 is 0 Å². The standard InChI is InChI=1S/C10H14O/c1-3-4-9-6-5-8(2)7-10(9)11/h5-7,11H,3-4H2,1-2H3. The Hall–Kier alpha value is -0.980. The first kappa shape index (κ1) is 8.12. The molecular weight excluding hydrogens is 136 g/mol. The summed E-state index contributed by atoms with van der Waals surface area (Å²) < 4.78 is 0. The average molecular weight is 150 g/mol. The fraction of sp³-hybridized carbons (Fsp3) is 0.400. The second-order valence-corrected chi connectivity index (χ2v) is 2.88. The summed E-state index contributed by atoms with van der Waals surface area (Å²) in [5.41, 5.74) is 2.17. The van der Waals surface area contributed by atoms with Gasteiger partial charge in [0.1, 0.15) is 5.75 Å². The minimum absolute atomic E-state index is 0.437. The van der Waals surface area contributed by atoms with Crippen LogP contribution in [0.15, 0.2) is 18.2 Å². The Balaban J connectivity index is 2.90. The van der Waals surface area contributed by atoms with Crippen molar-refractivity contribution in [2.24, 2.45) is 0 Å². The molecule has 0 aromatic heterocycles. The van der Waals surface area contributed by atoms with E-state index >= 15 is 0 Å². The number of rotatable bonds is 2. The highest BCUT2D eigenvalue weighted by Gasteiger charge is 1.98. The van der Waals surface area contributed by atoms with Gasteiger partial charge in [-0.3, -0.25) is 0 Å². The molecule has 0 amide bonds. The molecule has 1 heteroatoms. The van der Waals surface area contributed by atoms with Crippen LogP contribution in [0.25, 0.3) is 0 Å². The van der Waals surface area contributed by atoms with E-state index in [2.05, 4.69) is 6.92 Å². The fourth-order valence-corrected chi connectivity index (χ4v) is 1.15. The van der Waals surface area contributed by atoms with Crippen LogP contribution in [0.3, 0.4) is 0 Å². The minimum Gasteiger partial charge on any atom is -0.508 e. The van der Waals surface area contributed by atoms with Gasteiger partial charge in [-0.2, -0.15) is 0 Å². The number of aryl methyl sites for hydroxylation is 2. The second kappa shape index (κ2) is 3.42. The van der Waals surface area contributed by atoms with Gasteiger partial charge in [0.15, 0.2) is 0 Å². The van der Waals surface area contributed by atoms with Gasteiger partial charge in [0.05, 0.1) is 0 Å². The molecule has 0 radical (unpaired) electrons. The van der Waals surface area contributed by atoms with Gasteiger partial charge in [-0.25, -0.2) is 0 Å². The lowest BCUT2D eigenvalue weighted by Gasteiger charge is -2.02. The van der Waals surface area contributed by atoms with Crippen molar-refractivity contribution < 1.29 is 5.11 Å². The molecule has 1 nitrogen and oxygen atoms in total. The number of phenolic OH excluding ortho intramolecular Hbond substituents is 1. The number of aromatic hydroxyl groups is 1. The van der Waals surface area contributed by atoms with Gasteiger partial charge < -0.3 is 5.11 Å². The van der Waals surface area contributed by atoms with E-state index in [-0.39, 0.29) is 0 Å². The third kappa shape index (κ3) is 1.97. The Bertz CT molecular complexity index is 241. The molecule has 0 spiro atoms. The van der Waals surface area contributed by atoms with Crippen LogP contribution in [0.4, 0.5) is 0 Å². The molecule has 0 atom stereocenters. The average Bonchev–Trinajstić information content (AvgIpc) is 1.95. The van der Waals surface area contributed by atoms with Crippen LogP contribution in [0.5, 0.6) is 5.75 Å². The molecule has 0 saturated heterocycles. The predicted molar refractivity (Wildman–Crippen MR) is 46.8 cm³/mol. The molecule has 0 aliphatic rings. The number of hydrogen-bond donors (Lipinski definition) is 1. The quantitative estimate of drug-likeness (QED) is 0.687. The summed E-state index contributed by atoms with van der Waals surface area (Å²) in [6.45, 7) is 4.09. The van der Waals surface area contributed by atoms with Crippen molar-refractivity contribution in [1.29, 1.82) is 0 Å². The van der Waals surface area contributed by atoms with Crippen molar-refractivity contribution in [3.05, 3.63) is 29.3 Å². The van der Waals surface area contributed by atoms with Crippen LogP contribution in [0, 0.1) is 6.92 Å². The topological polar surface area (TPSA) is 20.2 Å². The van der Waals surface area contributed by atoms with Crippen molar-refractivity contribution in [2.45, 2.75) is 26.7 Å². The maximum absolute atomic E-state index is 9.42. The van der Waals surface area contributed by atoms with Gasteiger partial charge >= 0.3 is 0 Å². The van der Waals surface area contributed by atoms with Gasteiger partial charge in [-0.15, -0.1) is 0 Å². The van der Waals surface area contributed by atoms with Crippen LogP contribution >= 0.6 is 0 Å². The van der Waals surface area contributed by atoms with E-state index in [0.717, 1.165) is 24.0 Å². The van der Waals surface area contributed by atoms with Crippen molar-refractivity contribution in [2.75, 3.05) is 0 Å². The van der Waals surface area contributed by atoms with Gasteiger partial charge in [0, 0.05) is 0 Å². The molecular formula is C10H14O. The van der Waals surface area contributed by atoms with Gasteiger partial charge in [-0.05, 0) is 30.5 Å². The summed E-state index contributed by atoms with van der Waals surface area (Å²) in [5, 5.41) is 9.42. The van der Waals surface area contributed by atoms with Crippen LogP contribution < -0.4 is 0 Å².